The second-order valence-corrected chi connectivity index (χ2v) is 5.00. The van der Waals surface area contributed by atoms with Gasteiger partial charge in [0.15, 0.2) is 17.7 Å². The molecule has 2 heterocycles. The van der Waals surface area contributed by atoms with Gasteiger partial charge >= 0.3 is 0 Å². The van der Waals surface area contributed by atoms with E-state index < -0.39 is 6.10 Å². The van der Waals surface area contributed by atoms with E-state index in [0.29, 0.717) is 11.7 Å². The molecule has 4 heteroatoms. The van der Waals surface area contributed by atoms with Crippen LogP contribution in [0.25, 0.3) is 0 Å². The lowest BCUT2D eigenvalue weighted by Crippen LogP contribution is -2.41. The number of nitrogens with one attached hydrogen (secondary N) is 1. The Morgan fingerprint density at radius 2 is 2.06 bits per heavy atom. The van der Waals surface area contributed by atoms with Crippen molar-refractivity contribution in [2.75, 3.05) is 5.32 Å². The summed E-state index contributed by atoms with van der Waals surface area (Å²) in [6.45, 7) is 8.14. The Hall–Kier alpha value is -1.58. The van der Waals surface area contributed by atoms with Gasteiger partial charge in [-0.05, 0) is 17.9 Å². The molecule has 92 valence electrons. The van der Waals surface area contributed by atoms with E-state index in [-0.39, 0.29) is 11.8 Å². The lowest BCUT2D eigenvalue weighted by molar-refractivity contribution is -0.125. The minimum absolute atomic E-state index is 0.110. The van der Waals surface area contributed by atoms with Gasteiger partial charge in [-0.15, -0.1) is 0 Å². The molecule has 0 saturated carbocycles. The van der Waals surface area contributed by atoms with E-state index in [9.17, 15) is 4.79 Å². The summed E-state index contributed by atoms with van der Waals surface area (Å²) < 4.78 is 5.82. The van der Waals surface area contributed by atoms with Crippen LogP contribution in [0.2, 0.25) is 0 Å². The van der Waals surface area contributed by atoms with Crippen LogP contribution in [-0.2, 0) is 4.79 Å². The summed E-state index contributed by atoms with van der Waals surface area (Å²) in [5, 5.41) is 2.81. The van der Waals surface area contributed by atoms with Gasteiger partial charge in [0.1, 0.15) is 0 Å². The molecule has 0 aliphatic carbocycles. The van der Waals surface area contributed by atoms with Gasteiger partial charge < -0.3 is 10.1 Å². The van der Waals surface area contributed by atoms with Gasteiger partial charge in [0.2, 0.25) is 0 Å². The van der Waals surface area contributed by atoms with E-state index in [1.165, 1.54) is 0 Å². The molecule has 17 heavy (non-hydrogen) atoms. The van der Waals surface area contributed by atoms with E-state index >= 15 is 0 Å². The summed E-state index contributed by atoms with van der Waals surface area (Å²) >= 11 is 0. The van der Waals surface area contributed by atoms with Crippen LogP contribution in [-0.4, -0.2) is 17.0 Å². The number of hydrogen-bond acceptors (Lipinski definition) is 3. The fraction of sp³-hybridized carbons (Fsp3) is 0.538. The highest BCUT2D eigenvalue weighted by atomic mass is 16.5. The molecule has 0 spiro atoms. The molecule has 0 radical (unpaired) electrons. The number of fused-ring (bicyclic) bond motifs is 1. The molecule has 0 unspecified atom stereocenters. The van der Waals surface area contributed by atoms with E-state index in [4.69, 9.17) is 4.74 Å². The topological polar surface area (TPSA) is 51.2 Å². The number of hydrogen-bond donors (Lipinski definition) is 1. The second-order valence-electron chi connectivity index (χ2n) is 5.00. The van der Waals surface area contributed by atoms with E-state index in [2.05, 4.69) is 24.1 Å². The Labute approximate surface area is 101 Å². The fourth-order valence-electron chi connectivity index (χ4n) is 1.94. The van der Waals surface area contributed by atoms with Crippen LogP contribution in [0.3, 0.4) is 0 Å². The van der Waals surface area contributed by atoms with E-state index in [0.717, 1.165) is 11.3 Å². The first-order chi connectivity index (χ1) is 8.00. The number of nitrogens with zero attached hydrogens (tertiary/aromatic N) is 1. The second kappa shape index (κ2) is 4.35. The van der Waals surface area contributed by atoms with Crippen molar-refractivity contribution in [3.8, 4) is 5.75 Å². The predicted octanol–water partition coefficient (Wildman–Crippen LogP) is 2.56. The van der Waals surface area contributed by atoms with Gasteiger partial charge in [0.05, 0.1) is 0 Å². The quantitative estimate of drug-likeness (QED) is 0.855. The molecule has 0 aromatic carbocycles. The Morgan fingerprint density at radius 1 is 1.35 bits per heavy atom. The molecule has 4 nitrogen and oxygen atoms in total. The molecule has 1 atom stereocenters. The molecule has 1 aromatic heterocycles. The molecule has 0 fully saturated rings. The molecule has 1 amide bonds. The number of aromatic nitrogens is 1. The SMILES string of the molecule is CC(C)c1ccnc2c1O[C@@H](C(C)C)C(=O)N2. The van der Waals surface area contributed by atoms with Gasteiger partial charge in [-0.25, -0.2) is 4.98 Å². The molecular formula is C13H18N2O2. The number of anilines is 1. The maximum absolute atomic E-state index is 11.8. The third-order valence-corrected chi connectivity index (χ3v) is 2.91. The molecule has 0 saturated heterocycles. The van der Waals surface area contributed by atoms with Gasteiger partial charge in [-0.2, -0.15) is 0 Å². The van der Waals surface area contributed by atoms with Crippen LogP contribution in [0.4, 0.5) is 5.82 Å². The van der Waals surface area contributed by atoms with Gasteiger partial charge in [-0.3, -0.25) is 4.79 Å². The van der Waals surface area contributed by atoms with Crippen LogP contribution in [0.1, 0.15) is 39.2 Å². The normalized spacial score (nSPS) is 18.9. The third kappa shape index (κ3) is 2.12. The standard InChI is InChI=1S/C13H18N2O2/c1-7(2)9-5-6-14-12-11(9)17-10(8(3)4)13(16)15-12/h5-8,10H,1-4H3,(H,14,15,16)/t10-/m0/s1. The van der Waals surface area contributed by atoms with Crippen molar-refractivity contribution in [1.82, 2.24) is 4.98 Å². The van der Waals surface area contributed by atoms with Crippen LogP contribution < -0.4 is 10.1 Å². The van der Waals surface area contributed by atoms with E-state index in [1.54, 1.807) is 6.20 Å². The van der Waals surface area contributed by atoms with Crippen molar-refractivity contribution in [2.45, 2.75) is 39.7 Å². The van der Waals surface area contributed by atoms with Crippen molar-refractivity contribution >= 4 is 11.7 Å². The molecule has 0 bridgehead atoms. The fourth-order valence-corrected chi connectivity index (χ4v) is 1.94. The summed E-state index contributed by atoms with van der Waals surface area (Å²) in [5.74, 6) is 1.64. The highest BCUT2D eigenvalue weighted by Gasteiger charge is 2.32. The average molecular weight is 234 g/mol. The maximum atomic E-state index is 11.8. The highest BCUT2D eigenvalue weighted by Crippen LogP contribution is 2.36. The van der Waals surface area contributed by atoms with Crippen molar-refractivity contribution in [2.24, 2.45) is 5.92 Å². The number of carbonyl (C=O) groups is 1. The van der Waals surface area contributed by atoms with Crippen LogP contribution in [0.5, 0.6) is 5.75 Å². The molecule has 1 aliphatic heterocycles. The molecule has 2 rings (SSSR count). The Kier molecular flexibility index (Phi) is 3.05. The molecule has 1 aliphatic rings. The lowest BCUT2D eigenvalue weighted by Gasteiger charge is -2.29. The minimum atomic E-state index is -0.427. The lowest BCUT2D eigenvalue weighted by atomic mass is 10.0. The summed E-state index contributed by atoms with van der Waals surface area (Å²) in [5.41, 5.74) is 1.08. The first kappa shape index (κ1) is 11.9. The zero-order valence-corrected chi connectivity index (χ0v) is 10.7. The van der Waals surface area contributed by atoms with Crippen molar-refractivity contribution in [3.63, 3.8) is 0 Å². The number of carbonyl (C=O) groups excluding carboxylic acids is 1. The maximum Gasteiger partial charge on any atom is 0.266 e. The molecular weight excluding hydrogens is 216 g/mol. The number of ether oxygens (including phenoxy) is 1. The third-order valence-electron chi connectivity index (χ3n) is 2.91. The molecule has 1 N–H and O–H groups in total. The van der Waals surface area contributed by atoms with Gasteiger partial charge in [0, 0.05) is 11.8 Å². The number of amides is 1. The minimum Gasteiger partial charge on any atom is -0.476 e. The smallest absolute Gasteiger partial charge is 0.266 e. The predicted molar refractivity (Wildman–Crippen MR) is 66.2 cm³/mol. The summed E-state index contributed by atoms with van der Waals surface area (Å²) in [6, 6.07) is 1.94. The van der Waals surface area contributed by atoms with Crippen LogP contribution in [0.15, 0.2) is 12.3 Å². The summed E-state index contributed by atoms with van der Waals surface area (Å²) in [6.07, 6.45) is 1.28. The van der Waals surface area contributed by atoms with Crippen molar-refractivity contribution in [1.29, 1.82) is 0 Å². The summed E-state index contributed by atoms with van der Waals surface area (Å²) in [7, 11) is 0. The van der Waals surface area contributed by atoms with Gasteiger partial charge in [-0.1, -0.05) is 27.7 Å². The van der Waals surface area contributed by atoms with Crippen LogP contribution >= 0.6 is 0 Å². The monoisotopic (exact) mass is 234 g/mol. The van der Waals surface area contributed by atoms with E-state index in [1.807, 2.05) is 19.9 Å². The van der Waals surface area contributed by atoms with Crippen LogP contribution in [0, 0.1) is 5.92 Å². The zero-order valence-electron chi connectivity index (χ0n) is 10.7. The first-order valence-corrected chi connectivity index (χ1v) is 5.97. The number of rotatable bonds is 2. The summed E-state index contributed by atoms with van der Waals surface area (Å²) in [4.78, 5) is 16.0. The largest absolute Gasteiger partial charge is 0.476 e. The van der Waals surface area contributed by atoms with Crippen molar-refractivity contribution < 1.29 is 9.53 Å². The first-order valence-electron chi connectivity index (χ1n) is 5.97. The van der Waals surface area contributed by atoms with Gasteiger partial charge in [0.25, 0.3) is 5.91 Å². The Morgan fingerprint density at radius 3 is 2.65 bits per heavy atom. The Balaban J connectivity index is 2.43. The molecule has 1 aromatic rings. The Bertz CT molecular complexity index is 441. The average Bonchev–Trinajstić information content (AvgIpc) is 2.26. The highest BCUT2D eigenvalue weighted by molar-refractivity contribution is 5.97. The zero-order chi connectivity index (χ0) is 12.6. The van der Waals surface area contributed by atoms with Crippen molar-refractivity contribution in [3.05, 3.63) is 17.8 Å². The number of pyridine rings is 1.